The summed E-state index contributed by atoms with van der Waals surface area (Å²) < 4.78 is 0. The van der Waals surface area contributed by atoms with E-state index in [4.69, 9.17) is 7.98 Å². The van der Waals surface area contributed by atoms with E-state index in [1.807, 2.05) is 23.9 Å². The zero-order chi connectivity index (χ0) is 14.9. The number of piperidine rings is 1. The highest BCUT2D eigenvalue weighted by Crippen LogP contribution is 2.54. The van der Waals surface area contributed by atoms with E-state index in [0.29, 0.717) is 12.0 Å². The van der Waals surface area contributed by atoms with Crippen molar-refractivity contribution in [3.8, 4) is 0 Å². The van der Waals surface area contributed by atoms with Gasteiger partial charge in [-0.2, -0.15) is 0 Å². The van der Waals surface area contributed by atoms with Crippen molar-refractivity contribution in [1.82, 2.24) is 4.81 Å². The fourth-order valence-electron chi connectivity index (χ4n) is 4.60. The normalized spacial score (nSPS) is 33.4. The Kier molecular flexibility index (Phi) is 2.54. The van der Waals surface area contributed by atoms with E-state index in [2.05, 4.69) is 30.1 Å². The van der Waals surface area contributed by atoms with Gasteiger partial charge in [0.2, 0.25) is 5.91 Å². The van der Waals surface area contributed by atoms with Crippen molar-refractivity contribution >= 4 is 25.3 Å². The predicted octanol–water partition coefficient (Wildman–Crippen LogP) is 1.72. The lowest BCUT2D eigenvalue weighted by molar-refractivity contribution is -0.117. The van der Waals surface area contributed by atoms with Crippen LogP contribution >= 0.6 is 0 Å². The van der Waals surface area contributed by atoms with Gasteiger partial charge < -0.3 is 15.0 Å². The summed E-state index contributed by atoms with van der Waals surface area (Å²) in [5.41, 5.74) is 3.53. The van der Waals surface area contributed by atoms with Gasteiger partial charge in [0.1, 0.15) is 6.04 Å². The molecule has 1 aromatic carbocycles. The lowest BCUT2D eigenvalue weighted by Crippen LogP contribution is -2.60. The van der Waals surface area contributed by atoms with Gasteiger partial charge in [-0.1, -0.05) is 26.0 Å². The Hall–Kier alpha value is -1.49. The number of nitrogens with zero attached hydrogens (tertiary/aromatic N) is 2. The minimum Gasteiger partial charge on any atom is -0.354 e. The summed E-state index contributed by atoms with van der Waals surface area (Å²) in [4.78, 5) is 16.6. The smallest absolute Gasteiger partial charge is 0.246 e. The number of hydrogen-bond donors (Lipinski definition) is 1. The molecule has 1 N–H and O–H groups in total. The number of fused-ring (bicyclic) bond motifs is 3. The zero-order valence-corrected chi connectivity index (χ0v) is 12.8. The van der Waals surface area contributed by atoms with Crippen LogP contribution in [0.25, 0.3) is 0 Å². The highest BCUT2D eigenvalue weighted by molar-refractivity contribution is 6.06. The van der Waals surface area contributed by atoms with Crippen LogP contribution in [0.2, 0.25) is 0 Å². The lowest BCUT2D eigenvalue weighted by Gasteiger charge is -2.51. The monoisotopic (exact) mass is 281 g/mol. The molecule has 1 amide bonds. The Bertz CT molecular complexity index is 630. The molecule has 21 heavy (non-hydrogen) atoms. The van der Waals surface area contributed by atoms with E-state index in [9.17, 15) is 4.79 Å². The van der Waals surface area contributed by atoms with Crippen molar-refractivity contribution < 1.29 is 4.79 Å². The molecule has 1 saturated heterocycles. The van der Waals surface area contributed by atoms with Crippen molar-refractivity contribution in [3.05, 3.63) is 23.8 Å². The largest absolute Gasteiger partial charge is 0.354 e. The second-order valence-electron chi connectivity index (χ2n) is 7.29. The molecule has 0 saturated carbocycles. The predicted molar refractivity (Wildman–Crippen MR) is 84.6 cm³/mol. The summed E-state index contributed by atoms with van der Waals surface area (Å²) in [6, 6.07) is 6.43. The van der Waals surface area contributed by atoms with Crippen molar-refractivity contribution in [2.75, 3.05) is 23.3 Å². The average Bonchev–Trinajstić information content (AvgIpc) is 2.72. The molecule has 4 nitrogen and oxygen atoms in total. The zero-order valence-electron chi connectivity index (χ0n) is 12.8. The number of benzene rings is 1. The second kappa shape index (κ2) is 4.04. The fraction of sp³-hybridized carbons (Fsp3) is 0.562. The van der Waals surface area contributed by atoms with E-state index >= 15 is 0 Å². The molecule has 3 aliphatic rings. The van der Waals surface area contributed by atoms with Crippen LogP contribution in [0.3, 0.4) is 0 Å². The first kappa shape index (κ1) is 13.2. The van der Waals surface area contributed by atoms with Gasteiger partial charge in [-0.05, 0) is 37.1 Å². The molecule has 5 heteroatoms. The van der Waals surface area contributed by atoms with Crippen LogP contribution in [0, 0.1) is 5.41 Å². The number of rotatable bonds is 0. The summed E-state index contributed by atoms with van der Waals surface area (Å²) in [5, 5.41) is 3.04. The second-order valence-corrected chi connectivity index (χ2v) is 7.29. The molecule has 3 atom stereocenters. The van der Waals surface area contributed by atoms with Crippen molar-refractivity contribution in [1.29, 1.82) is 0 Å². The van der Waals surface area contributed by atoms with Gasteiger partial charge in [0, 0.05) is 12.0 Å². The minimum atomic E-state index is -0.128. The Balaban J connectivity index is 1.93. The topological polar surface area (TPSA) is 35.6 Å². The van der Waals surface area contributed by atoms with Crippen molar-refractivity contribution in [3.63, 3.8) is 0 Å². The molecule has 1 fully saturated rings. The molecule has 0 aromatic heterocycles. The molecule has 2 radical (unpaired) electrons. The van der Waals surface area contributed by atoms with Gasteiger partial charge in [0.25, 0.3) is 0 Å². The van der Waals surface area contributed by atoms with Crippen LogP contribution in [-0.2, 0) is 4.79 Å². The Morgan fingerprint density at radius 1 is 1.38 bits per heavy atom. The standard InChI is InChI=1S/C16H20BN3O/c1-9-15(21)18-12-6-4-5-10-11-7-19(17)8-16(2,3)14(11)20(9)13(10)12/h4-6,9,11,14H,7-8H2,1-3H3,(H,18,21)/t9?,11-,14+/m0/s1. The number of hydrogen-bond acceptors (Lipinski definition) is 3. The molecule has 108 valence electrons. The van der Waals surface area contributed by atoms with Gasteiger partial charge in [-0.25, -0.2) is 0 Å². The van der Waals surface area contributed by atoms with Crippen LogP contribution in [0.4, 0.5) is 11.4 Å². The van der Waals surface area contributed by atoms with Crippen molar-refractivity contribution in [2.24, 2.45) is 5.41 Å². The summed E-state index contributed by atoms with van der Waals surface area (Å²) in [5.74, 6) is 0.454. The van der Waals surface area contributed by atoms with Crippen LogP contribution in [0.15, 0.2) is 18.2 Å². The SMILES string of the molecule is [B]N1C[C@H]2c3cccc4c3N(C(C)C(=O)N4)[C@H]2C(C)(C)C1. The Morgan fingerprint density at radius 3 is 2.90 bits per heavy atom. The molecule has 4 rings (SSSR count). The van der Waals surface area contributed by atoms with Crippen LogP contribution in [-0.4, -0.2) is 43.9 Å². The molecular formula is C16H20BN3O. The van der Waals surface area contributed by atoms with Crippen LogP contribution in [0.1, 0.15) is 32.3 Å². The summed E-state index contributed by atoms with van der Waals surface area (Å²) >= 11 is 0. The van der Waals surface area contributed by atoms with Gasteiger partial charge in [0.05, 0.1) is 11.4 Å². The van der Waals surface area contributed by atoms with Gasteiger partial charge in [-0.3, -0.25) is 4.79 Å². The third-order valence-corrected chi connectivity index (χ3v) is 5.30. The van der Waals surface area contributed by atoms with Crippen LogP contribution in [0.5, 0.6) is 0 Å². The van der Waals surface area contributed by atoms with Gasteiger partial charge in [0.15, 0.2) is 7.98 Å². The maximum Gasteiger partial charge on any atom is 0.246 e. The van der Waals surface area contributed by atoms with E-state index in [-0.39, 0.29) is 17.4 Å². The summed E-state index contributed by atoms with van der Waals surface area (Å²) in [7, 11) is 6.16. The summed E-state index contributed by atoms with van der Waals surface area (Å²) in [6.07, 6.45) is 0. The molecule has 3 aliphatic heterocycles. The number of anilines is 2. The number of amides is 1. The Labute approximate surface area is 126 Å². The number of nitrogens with one attached hydrogen (secondary N) is 1. The van der Waals surface area contributed by atoms with E-state index in [0.717, 1.165) is 18.8 Å². The fourth-order valence-corrected chi connectivity index (χ4v) is 4.60. The van der Waals surface area contributed by atoms with Crippen LogP contribution < -0.4 is 10.2 Å². The molecular weight excluding hydrogens is 261 g/mol. The van der Waals surface area contributed by atoms with Gasteiger partial charge >= 0.3 is 0 Å². The molecule has 1 aromatic rings. The van der Waals surface area contributed by atoms with E-state index in [1.54, 1.807) is 0 Å². The van der Waals surface area contributed by atoms with Crippen molar-refractivity contribution in [2.45, 2.75) is 38.8 Å². The lowest BCUT2D eigenvalue weighted by atomic mass is 9.71. The first-order valence-corrected chi connectivity index (χ1v) is 7.62. The number of carbonyl (C=O) groups is 1. The molecule has 1 unspecified atom stereocenters. The highest BCUT2D eigenvalue weighted by atomic mass is 16.2. The number of carbonyl (C=O) groups excluding carboxylic acids is 1. The minimum absolute atomic E-state index is 0.0415. The molecule has 0 aliphatic carbocycles. The Morgan fingerprint density at radius 2 is 2.14 bits per heavy atom. The summed E-state index contributed by atoms with van der Waals surface area (Å²) in [6.45, 7) is 8.22. The third kappa shape index (κ3) is 1.64. The first-order valence-electron chi connectivity index (χ1n) is 7.62. The molecule has 0 bridgehead atoms. The van der Waals surface area contributed by atoms with E-state index < -0.39 is 0 Å². The maximum atomic E-state index is 12.3. The highest BCUT2D eigenvalue weighted by Gasteiger charge is 2.53. The molecule has 3 heterocycles. The third-order valence-electron chi connectivity index (χ3n) is 5.30. The van der Waals surface area contributed by atoms with E-state index in [1.165, 1.54) is 11.3 Å². The maximum absolute atomic E-state index is 12.3. The molecule has 0 spiro atoms. The quantitative estimate of drug-likeness (QED) is 0.736. The number of para-hydroxylation sites is 1. The van der Waals surface area contributed by atoms with Gasteiger partial charge in [-0.15, -0.1) is 0 Å². The average molecular weight is 281 g/mol. The first-order chi connectivity index (χ1) is 9.90.